The van der Waals surface area contributed by atoms with Crippen LogP contribution in [0.25, 0.3) is 0 Å². The van der Waals surface area contributed by atoms with Crippen LogP contribution >= 0.6 is 0 Å². The number of nitrogens with one attached hydrogen (secondary N) is 1. The van der Waals surface area contributed by atoms with Crippen molar-refractivity contribution in [2.24, 2.45) is 0 Å². The molecule has 0 aliphatic heterocycles. The van der Waals surface area contributed by atoms with Crippen LogP contribution in [0.15, 0.2) is 6.20 Å². The second kappa shape index (κ2) is 2.90. The molecule has 0 amide bonds. The van der Waals surface area contributed by atoms with Crippen LogP contribution in [0.3, 0.4) is 0 Å². The van der Waals surface area contributed by atoms with E-state index in [4.69, 9.17) is 0 Å². The van der Waals surface area contributed by atoms with E-state index in [0.717, 1.165) is 11.5 Å². The van der Waals surface area contributed by atoms with Gasteiger partial charge in [0.15, 0.2) is 0 Å². The molecule has 0 aliphatic rings. The summed E-state index contributed by atoms with van der Waals surface area (Å²) in [5.74, 6) is 0.984. The fourth-order valence-electron chi connectivity index (χ4n) is 0.544. The van der Waals surface area contributed by atoms with Crippen LogP contribution in [0.4, 0.5) is 0 Å². The van der Waals surface area contributed by atoms with Crippen LogP contribution in [0, 0.1) is 13.8 Å². The first-order chi connectivity index (χ1) is 3.29. The predicted molar refractivity (Wildman–Crippen MR) is 28.1 cm³/mol. The summed E-state index contributed by atoms with van der Waals surface area (Å²) in [4.78, 5) is 6.99. The number of aromatic nitrogens is 2. The number of H-pyrrole nitrogens is 1. The van der Waals surface area contributed by atoms with Crippen molar-refractivity contribution in [1.82, 2.24) is 9.97 Å². The molecule has 1 radical (unpaired) electrons. The molecule has 0 atom stereocenters. The topological polar surface area (TPSA) is 28.7 Å². The van der Waals surface area contributed by atoms with Gasteiger partial charge >= 0.3 is 0 Å². The van der Waals surface area contributed by atoms with Crippen LogP contribution < -0.4 is 0 Å². The van der Waals surface area contributed by atoms with Crippen LogP contribution in [-0.4, -0.2) is 9.97 Å². The third-order valence-electron chi connectivity index (χ3n) is 0.830. The first-order valence-electron chi connectivity index (χ1n) is 2.27. The Morgan fingerprint density at radius 1 is 1.50 bits per heavy atom. The van der Waals surface area contributed by atoms with Gasteiger partial charge in [0, 0.05) is 29.0 Å². The average Bonchev–Trinajstić information content (AvgIpc) is 1.87. The Bertz CT molecular complexity index is 143. The number of aromatic amines is 1. The molecule has 1 aromatic heterocycles. The zero-order chi connectivity index (χ0) is 5.28. The fourth-order valence-corrected chi connectivity index (χ4v) is 0.544. The van der Waals surface area contributed by atoms with Crippen molar-refractivity contribution in [2.75, 3.05) is 0 Å². The molecule has 0 saturated carbocycles. The van der Waals surface area contributed by atoms with Gasteiger partial charge in [0.2, 0.25) is 0 Å². The minimum Gasteiger partial charge on any atom is -0.346 e. The van der Waals surface area contributed by atoms with Crippen molar-refractivity contribution in [3.05, 3.63) is 17.7 Å². The molecule has 1 aromatic rings. The second-order valence-corrected chi connectivity index (χ2v) is 1.65. The van der Waals surface area contributed by atoms with E-state index >= 15 is 0 Å². The SMILES string of the molecule is Cc1cnc(C)[nH]1.[Cu]. The Labute approximate surface area is 59.2 Å². The zero-order valence-corrected chi connectivity index (χ0v) is 5.77. The molecular weight excluding hydrogens is 152 g/mol. The molecule has 0 fully saturated rings. The first kappa shape index (κ1) is 7.73. The predicted octanol–water partition coefficient (Wildman–Crippen LogP) is 1.02. The van der Waals surface area contributed by atoms with E-state index in [2.05, 4.69) is 9.97 Å². The minimum atomic E-state index is 0. The van der Waals surface area contributed by atoms with Gasteiger partial charge in [0.25, 0.3) is 0 Å². The van der Waals surface area contributed by atoms with Crippen molar-refractivity contribution >= 4 is 0 Å². The summed E-state index contributed by atoms with van der Waals surface area (Å²) in [7, 11) is 0. The molecule has 1 N–H and O–H groups in total. The molecule has 0 saturated heterocycles. The van der Waals surface area contributed by atoms with Crippen molar-refractivity contribution in [3.63, 3.8) is 0 Å². The van der Waals surface area contributed by atoms with Gasteiger partial charge < -0.3 is 4.98 Å². The van der Waals surface area contributed by atoms with E-state index in [9.17, 15) is 0 Å². The molecule has 0 spiro atoms. The van der Waals surface area contributed by atoms with E-state index in [-0.39, 0.29) is 17.1 Å². The minimum absolute atomic E-state index is 0. The molecule has 0 bridgehead atoms. The maximum absolute atomic E-state index is 3.96. The molecule has 0 unspecified atom stereocenters. The molecule has 3 heteroatoms. The smallest absolute Gasteiger partial charge is 0.103 e. The Kier molecular flexibility index (Phi) is 2.80. The number of nitrogens with zero attached hydrogens (tertiary/aromatic N) is 1. The first-order valence-corrected chi connectivity index (χ1v) is 2.27. The Balaban J connectivity index is 0.000000490. The quantitative estimate of drug-likeness (QED) is 0.563. The maximum atomic E-state index is 3.96. The van der Waals surface area contributed by atoms with Crippen molar-refractivity contribution in [3.8, 4) is 0 Å². The van der Waals surface area contributed by atoms with E-state index in [1.165, 1.54) is 0 Å². The van der Waals surface area contributed by atoms with E-state index in [1.807, 2.05) is 20.0 Å². The fraction of sp³-hybridized carbons (Fsp3) is 0.400. The normalized spacial score (nSPS) is 8.25. The zero-order valence-electron chi connectivity index (χ0n) is 4.83. The maximum Gasteiger partial charge on any atom is 0.103 e. The van der Waals surface area contributed by atoms with E-state index in [0.29, 0.717) is 0 Å². The number of aryl methyl sites for hydroxylation is 2. The Morgan fingerprint density at radius 2 is 2.12 bits per heavy atom. The summed E-state index contributed by atoms with van der Waals surface area (Å²) in [5, 5.41) is 0. The average molecular weight is 160 g/mol. The number of hydrogen-bond acceptors (Lipinski definition) is 1. The number of imidazole rings is 1. The third kappa shape index (κ3) is 1.68. The second-order valence-electron chi connectivity index (χ2n) is 1.65. The van der Waals surface area contributed by atoms with Gasteiger partial charge in [-0.3, -0.25) is 0 Å². The van der Waals surface area contributed by atoms with Gasteiger partial charge in [-0.1, -0.05) is 0 Å². The molecule has 0 aromatic carbocycles. The molecule has 2 nitrogen and oxygen atoms in total. The molecular formula is C5H8CuN2. The molecule has 49 valence electrons. The Hall–Kier alpha value is -0.271. The summed E-state index contributed by atoms with van der Waals surface area (Å²) in [6.45, 7) is 3.92. The Morgan fingerprint density at radius 3 is 2.25 bits per heavy atom. The van der Waals surface area contributed by atoms with Crippen LogP contribution in [0.2, 0.25) is 0 Å². The van der Waals surface area contributed by atoms with Gasteiger partial charge in [-0.25, -0.2) is 4.98 Å². The molecule has 1 rings (SSSR count). The standard InChI is InChI=1S/C5H8N2.Cu/c1-4-3-6-5(2)7-4;/h3H,1-2H3,(H,6,7);. The number of hydrogen-bond donors (Lipinski definition) is 1. The van der Waals surface area contributed by atoms with Crippen LogP contribution in [-0.2, 0) is 17.1 Å². The summed E-state index contributed by atoms with van der Waals surface area (Å²) < 4.78 is 0. The molecule has 8 heavy (non-hydrogen) atoms. The largest absolute Gasteiger partial charge is 0.346 e. The molecule has 0 aliphatic carbocycles. The summed E-state index contributed by atoms with van der Waals surface area (Å²) in [6.07, 6.45) is 1.81. The van der Waals surface area contributed by atoms with Crippen molar-refractivity contribution < 1.29 is 17.1 Å². The van der Waals surface area contributed by atoms with E-state index < -0.39 is 0 Å². The van der Waals surface area contributed by atoms with Crippen LogP contribution in [0.1, 0.15) is 11.5 Å². The summed E-state index contributed by atoms with van der Waals surface area (Å²) in [5.41, 5.74) is 1.12. The van der Waals surface area contributed by atoms with E-state index in [1.54, 1.807) is 0 Å². The van der Waals surface area contributed by atoms with Gasteiger partial charge in [-0.2, -0.15) is 0 Å². The monoisotopic (exact) mass is 159 g/mol. The molecule has 1 heterocycles. The number of rotatable bonds is 0. The van der Waals surface area contributed by atoms with Gasteiger partial charge in [0.1, 0.15) is 5.82 Å². The van der Waals surface area contributed by atoms with Crippen molar-refractivity contribution in [1.29, 1.82) is 0 Å². The van der Waals surface area contributed by atoms with Gasteiger partial charge in [-0.05, 0) is 13.8 Å². The van der Waals surface area contributed by atoms with Crippen LogP contribution in [0.5, 0.6) is 0 Å². The third-order valence-corrected chi connectivity index (χ3v) is 0.830. The summed E-state index contributed by atoms with van der Waals surface area (Å²) >= 11 is 0. The van der Waals surface area contributed by atoms with Crippen molar-refractivity contribution in [2.45, 2.75) is 13.8 Å². The summed E-state index contributed by atoms with van der Waals surface area (Å²) in [6, 6.07) is 0. The van der Waals surface area contributed by atoms with Gasteiger partial charge in [-0.15, -0.1) is 0 Å². The van der Waals surface area contributed by atoms with Gasteiger partial charge in [0.05, 0.1) is 0 Å².